The van der Waals surface area contributed by atoms with Gasteiger partial charge in [-0.1, -0.05) is 36.4 Å². The minimum atomic E-state index is -0.693. The minimum Gasteiger partial charge on any atom is -0.471 e. The molecule has 8 nitrogen and oxygen atoms in total. The van der Waals surface area contributed by atoms with Crippen LogP contribution in [0.4, 0.5) is 0 Å². The largest absolute Gasteiger partial charge is 0.471 e. The molecule has 0 spiro atoms. The summed E-state index contributed by atoms with van der Waals surface area (Å²) in [6.45, 7) is 0.458. The fourth-order valence-electron chi connectivity index (χ4n) is 3.22. The molecule has 0 aliphatic carbocycles. The van der Waals surface area contributed by atoms with Gasteiger partial charge in [0, 0.05) is 0 Å². The topological polar surface area (TPSA) is 129 Å². The van der Waals surface area contributed by atoms with Crippen molar-refractivity contribution in [3.8, 4) is 11.1 Å². The molecule has 0 saturated carbocycles. The molecule has 142 valence electrons. The van der Waals surface area contributed by atoms with Crippen molar-refractivity contribution in [3.05, 3.63) is 59.7 Å². The zero-order valence-electron chi connectivity index (χ0n) is 14.9. The Morgan fingerprint density at radius 1 is 0.786 bits per heavy atom. The van der Waals surface area contributed by atoms with Crippen LogP contribution in [0, 0.1) is 0 Å². The molecular weight excluding hydrogens is 360 g/mol. The molecule has 2 aliphatic rings. The maximum atomic E-state index is 11.3. The second-order valence-electron chi connectivity index (χ2n) is 6.50. The molecule has 2 aromatic rings. The third-order valence-electron chi connectivity index (χ3n) is 4.58. The van der Waals surface area contributed by atoms with E-state index in [4.69, 9.17) is 20.9 Å². The number of rotatable bonds is 5. The van der Waals surface area contributed by atoms with E-state index in [0.717, 1.165) is 22.3 Å². The standard InChI is InChI=1S/C20H18N4O4/c21-17(25)19-23-15(9-27-19)13-6-12(11-4-2-1-3-5-11)7-14(8-13)16-10-28-20(24-16)18(22)26/h1-8,15-16H,9-10H2,(H2,21,25)(H2,22,26). The SMILES string of the molecule is NC(=O)C1=NC(c2cc(-c3ccccc3)cc(C3COC(C(N)=O)=N3)c2)CO1. The summed E-state index contributed by atoms with van der Waals surface area (Å²) >= 11 is 0. The van der Waals surface area contributed by atoms with E-state index in [1.165, 1.54) is 0 Å². The van der Waals surface area contributed by atoms with Crippen LogP contribution in [-0.2, 0) is 19.1 Å². The molecular formula is C20H18N4O4. The Balaban J connectivity index is 1.76. The Bertz CT molecular complexity index is 942. The van der Waals surface area contributed by atoms with Crippen LogP contribution in [0.3, 0.4) is 0 Å². The first-order chi connectivity index (χ1) is 13.5. The molecule has 0 saturated heterocycles. The Kier molecular flexibility index (Phi) is 4.52. The van der Waals surface area contributed by atoms with Crippen LogP contribution < -0.4 is 11.5 Å². The highest BCUT2D eigenvalue weighted by molar-refractivity contribution is 6.35. The third kappa shape index (κ3) is 3.44. The fraction of sp³-hybridized carbons (Fsp3) is 0.200. The van der Waals surface area contributed by atoms with E-state index in [1.807, 2.05) is 48.5 Å². The normalized spacial score (nSPS) is 20.7. The molecule has 8 heteroatoms. The lowest BCUT2D eigenvalue weighted by Gasteiger charge is -2.14. The molecule has 0 aromatic heterocycles. The molecule has 2 aromatic carbocycles. The molecule has 2 atom stereocenters. The maximum absolute atomic E-state index is 11.3. The lowest BCUT2D eigenvalue weighted by Crippen LogP contribution is -2.23. The van der Waals surface area contributed by atoms with Crippen LogP contribution >= 0.6 is 0 Å². The predicted molar refractivity (Wildman–Crippen MR) is 103 cm³/mol. The third-order valence-corrected chi connectivity index (χ3v) is 4.58. The van der Waals surface area contributed by atoms with E-state index < -0.39 is 11.8 Å². The first-order valence-corrected chi connectivity index (χ1v) is 8.72. The zero-order valence-corrected chi connectivity index (χ0v) is 14.9. The van der Waals surface area contributed by atoms with Gasteiger partial charge >= 0.3 is 11.8 Å². The molecule has 4 rings (SSSR count). The maximum Gasteiger partial charge on any atom is 0.303 e. The summed E-state index contributed by atoms with van der Waals surface area (Å²) in [5, 5.41) is 0. The number of amides is 2. The number of primary amides is 2. The summed E-state index contributed by atoms with van der Waals surface area (Å²) in [6, 6.07) is 15.0. The van der Waals surface area contributed by atoms with E-state index in [0.29, 0.717) is 0 Å². The van der Waals surface area contributed by atoms with Crippen LogP contribution in [0.2, 0.25) is 0 Å². The number of carbonyl (C=O) groups is 2. The second kappa shape index (κ2) is 7.15. The molecule has 4 N–H and O–H groups in total. The highest BCUT2D eigenvalue weighted by Gasteiger charge is 2.28. The number of hydrogen-bond donors (Lipinski definition) is 2. The van der Waals surface area contributed by atoms with Crippen LogP contribution in [0.5, 0.6) is 0 Å². The van der Waals surface area contributed by atoms with Crippen LogP contribution in [0.15, 0.2) is 58.5 Å². The lowest BCUT2D eigenvalue weighted by molar-refractivity contribution is -0.113. The molecule has 2 aliphatic heterocycles. The van der Waals surface area contributed by atoms with E-state index in [2.05, 4.69) is 9.98 Å². The number of hydrogen-bond acceptors (Lipinski definition) is 6. The first-order valence-electron chi connectivity index (χ1n) is 8.72. The highest BCUT2D eigenvalue weighted by atomic mass is 16.5. The lowest BCUT2D eigenvalue weighted by atomic mass is 9.94. The van der Waals surface area contributed by atoms with Crippen molar-refractivity contribution in [1.29, 1.82) is 0 Å². The van der Waals surface area contributed by atoms with Crippen LogP contribution in [0.25, 0.3) is 11.1 Å². The predicted octanol–water partition coefficient (Wildman–Crippen LogP) is 1.26. The van der Waals surface area contributed by atoms with Gasteiger partial charge in [-0.25, -0.2) is 9.98 Å². The smallest absolute Gasteiger partial charge is 0.303 e. The van der Waals surface area contributed by atoms with Gasteiger partial charge in [-0.3, -0.25) is 9.59 Å². The summed E-state index contributed by atoms with van der Waals surface area (Å²) in [5.74, 6) is -1.53. The number of nitrogens with zero attached hydrogens (tertiary/aromatic N) is 2. The van der Waals surface area contributed by atoms with Gasteiger partial charge in [-0.05, 0) is 34.4 Å². The fourth-order valence-corrected chi connectivity index (χ4v) is 3.22. The van der Waals surface area contributed by atoms with Gasteiger partial charge in [-0.2, -0.15) is 0 Å². The van der Waals surface area contributed by atoms with E-state index >= 15 is 0 Å². The first kappa shape index (κ1) is 17.7. The molecule has 2 amide bonds. The van der Waals surface area contributed by atoms with Crippen molar-refractivity contribution >= 4 is 23.6 Å². The van der Waals surface area contributed by atoms with Crippen LogP contribution in [-0.4, -0.2) is 36.8 Å². The Hall–Kier alpha value is -3.68. The molecule has 28 heavy (non-hydrogen) atoms. The summed E-state index contributed by atoms with van der Waals surface area (Å²) in [7, 11) is 0. The quantitative estimate of drug-likeness (QED) is 0.811. The Labute approximate surface area is 160 Å². The van der Waals surface area contributed by atoms with E-state index in [-0.39, 0.29) is 37.1 Å². The Morgan fingerprint density at radius 2 is 1.29 bits per heavy atom. The highest BCUT2D eigenvalue weighted by Crippen LogP contribution is 2.33. The summed E-state index contributed by atoms with van der Waals surface area (Å²) in [6.07, 6.45) is 0. The number of ether oxygens (including phenoxy) is 2. The van der Waals surface area contributed by atoms with Crippen molar-refractivity contribution < 1.29 is 19.1 Å². The molecule has 2 unspecified atom stereocenters. The van der Waals surface area contributed by atoms with Gasteiger partial charge < -0.3 is 20.9 Å². The average Bonchev–Trinajstić information content (AvgIpc) is 3.38. The van der Waals surface area contributed by atoms with Gasteiger partial charge in [0.15, 0.2) is 0 Å². The molecule has 2 heterocycles. The van der Waals surface area contributed by atoms with Gasteiger partial charge in [-0.15, -0.1) is 0 Å². The van der Waals surface area contributed by atoms with E-state index in [9.17, 15) is 9.59 Å². The summed E-state index contributed by atoms with van der Waals surface area (Å²) < 4.78 is 10.6. The van der Waals surface area contributed by atoms with Crippen molar-refractivity contribution in [2.24, 2.45) is 21.5 Å². The molecule has 0 fully saturated rings. The zero-order chi connectivity index (χ0) is 19.7. The van der Waals surface area contributed by atoms with Crippen molar-refractivity contribution in [2.75, 3.05) is 13.2 Å². The summed E-state index contributed by atoms with van der Waals surface area (Å²) in [4.78, 5) is 31.2. The second-order valence-corrected chi connectivity index (χ2v) is 6.50. The van der Waals surface area contributed by atoms with E-state index in [1.54, 1.807) is 0 Å². The van der Waals surface area contributed by atoms with Gasteiger partial charge in [0.25, 0.3) is 11.8 Å². The van der Waals surface area contributed by atoms with Crippen molar-refractivity contribution in [3.63, 3.8) is 0 Å². The number of benzene rings is 2. The average molecular weight is 378 g/mol. The number of carbonyl (C=O) groups excluding carboxylic acids is 2. The number of nitrogens with two attached hydrogens (primary N) is 2. The van der Waals surface area contributed by atoms with Crippen molar-refractivity contribution in [1.82, 2.24) is 0 Å². The minimum absolute atomic E-state index is 0.0742. The molecule has 0 bridgehead atoms. The van der Waals surface area contributed by atoms with Crippen LogP contribution in [0.1, 0.15) is 23.2 Å². The molecule has 0 radical (unpaired) electrons. The van der Waals surface area contributed by atoms with Crippen molar-refractivity contribution in [2.45, 2.75) is 12.1 Å². The van der Waals surface area contributed by atoms with Gasteiger partial charge in [0.05, 0.1) is 0 Å². The van der Waals surface area contributed by atoms with Gasteiger partial charge in [0.2, 0.25) is 0 Å². The monoisotopic (exact) mass is 378 g/mol. The summed E-state index contributed by atoms with van der Waals surface area (Å²) in [5.41, 5.74) is 14.2. The Morgan fingerprint density at radius 3 is 1.71 bits per heavy atom. The van der Waals surface area contributed by atoms with Gasteiger partial charge in [0.1, 0.15) is 25.3 Å². The number of aliphatic imine (C=N–C) groups is 2.